The molecule has 0 spiro atoms. The van der Waals surface area contributed by atoms with Crippen molar-refractivity contribution in [1.29, 1.82) is 0 Å². The molecule has 1 N–H and O–H groups in total. The predicted molar refractivity (Wildman–Crippen MR) is 81.5 cm³/mol. The molecular formula is C14H19F3N2O3S. The Balaban J connectivity index is 3.29. The molecule has 1 aromatic carbocycles. The van der Waals surface area contributed by atoms with Gasteiger partial charge in [-0.15, -0.1) is 0 Å². The zero-order valence-corrected chi connectivity index (χ0v) is 14.0. The lowest BCUT2D eigenvalue weighted by Crippen LogP contribution is -2.47. The van der Waals surface area contributed by atoms with E-state index >= 15 is 0 Å². The molecule has 0 aliphatic carbocycles. The van der Waals surface area contributed by atoms with Gasteiger partial charge < -0.3 is 5.32 Å². The second-order valence-corrected chi connectivity index (χ2v) is 7.99. The smallest absolute Gasteiger partial charge is 0.350 e. The maximum Gasteiger partial charge on any atom is 0.418 e. The van der Waals surface area contributed by atoms with Gasteiger partial charge >= 0.3 is 6.18 Å². The average molecular weight is 352 g/mol. The molecule has 0 saturated carbocycles. The van der Waals surface area contributed by atoms with E-state index in [9.17, 15) is 26.4 Å². The van der Waals surface area contributed by atoms with E-state index in [-0.39, 0.29) is 0 Å². The number of para-hydroxylation sites is 1. The van der Waals surface area contributed by atoms with Gasteiger partial charge in [-0.05, 0) is 32.9 Å². The molecule has 0 unspecified atom stereocenters. The Hall–Kier alpha value is -1.77. The van der Waals surface area contributed by atoms with Crippen LogP contribution in [0.5, 0.6) is 0 Å². The third-order valence-electron chi connectivity index (χ3n) is 2.68. The van der Waals surface area contributed by atoms with E-state index in [2.05, 4.69) is 5.32 Å². The maximum atomic E-state index is 13.1. The lowest BCUT2D eigenvalue weighted by Gasteiger charge is -2.27. The van der Waals surface area contributed by atoms with Crippen LogP contribution in [-0.4, -0.2) is 32.7 Å². The van der Waals surface area contributed by atoms with Crippen molar-refractivity contribution in [2.75, 3.05) is 17.1 Å². The van der Waals surface area contributed by atoms with Crippen LogP contribution in [0, 0.1) is 0 Å². The number of carbonyl (C=O) groups is 1. The second kappa shape index (κ2) is 6.38. The quantitative estimate of drug-likeness (QED) is 0.905. The molecule has 9 heteroatoms. The summed E-state index contributed by atoms with van der Waals surface area (Å²) in [5, 5.41) is 2.52. The second-order valence-electron chi connectivity index (χ2n) is 6.08. The fourth-order valence-corrected chi connectivity index (χ4v) is 2.77. The lowest BCUT2D eigenvalue weighted by molar-refractivity contribution is -0.137. The summed E-state index contributed by atoms with van der Waals surface area (Å²) in [5.74, 6) is -0.695. The van der Waals surface area contributed by atoms with Gasteiger partial charge in [0.25, 0.3) is 0 Å². The first-order valence-electron chi connectivity index (χ1n) is 6.67. The third kappa shape index (κ3) is 5.74. The van der Waals surface area contributed by atoms with E-state index < -0.39 is 45.4 Å². The van der Waals surface area contributed by atoms with Crippen molar-refractivity contribution in [2.24, 2.45) is 0 Å². The van der Waals surface area contributed by atoms with Crippen molar-refractivity contribution in [2.45, 2.75) is 32.5 Å². The van der Waals surface area contributed by atoms with E-state index in [0.29, 0.717) is 4.31 Å². The van der Waals surface area contributed by atoms with Crippen molar-refractivity contribution in [3.05, 3.63) is 29.8 Å². The monoisotopic (exact) mass is 352 g/mol. The summed E-state index contributed by atoms with van der Waals surface area (Å²) in [6.07, 6.45) is -3.98. The van der Waals surface area contributed by atoms with Crippen LogP contribution in [0.1, 0.15) is 26.3 Å². The number of rotatable bonds is 4. The molecule has 5 nitrogen and oxygen atoms in total. The summed E-state index contributed by atoms with van der Waals surface area (Å²) in [4.78, 5) is 12.0. The zero-order chi connectivity index (χ0) is 18.1. The van der Waals surface area contributed by atoms with Crippen molar-refractivity contribution < 1.29 is 26.4 Å². The zero-order valence-electron chi connectivity index (χ0n) is 13.2. The molecule has 1 rings (SSSR count). The largest absolute Gasteiger partial charge is 0.418 e. The Morgan fingerprint density at radius 2 is 1.70 bits per heavy atom. The van der Waals surface area contributed by atoms with Crippen LogP contribution in [0.3, 0.4) is 0 Å². The number of sulfonamides is 1. The van der Waals surface area contributed by atoms with Crippen LogP contribution >= 0.6 is 0 Å². The summed E-state index contributed by atoms with van der Waals surface area (Å²) in [5.41, 5.74) is -2.33. The number of nitrogens with one attached hydrogen (secondary N) is 1. The highest BCUT2D eigenvalue weighted by molar-refractivity contribution is 7.92. The van der Waals surface area contributed by atoms with Gasteiger partial charge in [0.1, 0.15) is 6.54 Å². The van der Waals surface area contributed by atoms with E-state index in [0.717, 1.165) is 24.5 Å². The van der Waals surface area contributed by atoms with E-state index in [4.69, 9.17) is 0 Å². The highest BCUT2D eigenvalue weighted by Gasteiger charge is 2.37. The highest BCUT2D eigenvalue weighted by atomic mass is 32.2. The van der Waals surface area contributed by atoms with Crippen molar-refractivity contribution in [1.82, 2.24) is 5.32 Å². The Bertz CT molecular complexity index is 679. The number of halogens is 3. The number of carbonyl (C=O) groups excluding carboxylic acids is 1. The highest BCUT2D eigenvalue weighted by Crippen LogP contribution is 2.37. The summed E-state index contributed by atoms with van der Waals surface area (Å²) >= 11 is 0. The Morgan fingerprint density at radius 3 is 2.13 bits per heavy atom. The van der Waals surface area contributed by atoms with Crippen LogP contribution in [0.4, 0.5) is 18.9 Å². The van der Waals surface area contributed by atoms with Gasteiger partial charge in [-0.2, -0.15) is 13.2 Å². The number of benzene rings is 1. The van der Waals surface area contributed by atoms with Crippen LogP contribution in [0.25, 0.3) is 0 Å². The van der Waals surface area contributed by atoms with Crippen LogP contribution in [0.15, 0.2) is 24.3 Å². The van der Waals surface area contributed by atoms with Crippen LogP contribution in [-0.2, 0) is 21.0 Å². The molecule has 0 aliphatic heterocycles. The van der Waals surface area contributed by atoms with Crippen LogP contribution < -0.4 is 9.62 Å². The first-order chi connectivity index (χ1) is 10.2. The molecule has 0 fully saturated rings. The first kappa shape index (κ1) is 19.3. The Kier molecular flexibility index (Phi) is 5.35. The van der Waals surface area contributed by atoms with E-state index in [1.165, 1.54) is 6.07 Å². The predicted octanol–water partition coefficient (Wildman–Crippen LogP) is 2.39. The minimum Gasteiger partial charge on any atom is -0.350 e. The average Bonchev–Trinajstić information content (AvgIpc) is 2.31. The first-order valence-corrected chi connectivity index (χ1v) is 8.51. The van der Waals surface area contributed by atoms with Gasteiger partial charge in [0, 0.05) is 5.54 Å². The van der Waals surface area contributed by atoms with Gasteiger partial charge in [-0.1, -0.05) is 12.1 Å². The lowest BCUT2D eigenvalue weighted by atomic mass is 10.1. The Labute approximate surface area is 133 Å². The van der Waals surface area contributed by atoms with Gasteiger partial charge in [0.2, 0.25) is 15.9 Å². The molecule has 0 atom stereocenters. The van der Waals surface area contributed by atoms with Crippen molar-refractivity contribution in [3.8, 4) is 0 Å². The minimum atomic E-state index is -4.74. The number of alkyl halides is 3. The molecule has 1 aromatic rings. The molecule has 130 valence electrons. The number of anilines is 1. The fourth-order valence-electron chi connectivity index (χ4n) is 1.90. The molecule has 1 amide bonds. The van der Waals surface area contributed by atoms with Gasteiger partial charge in [0.15, 0.2) is 0 Å². The van der Waals surface area contributed by atoms with E-state index in [1.807, 2.05) is 0 Å². The molecule has 0 aromatic heterocycles. The van der Waals surface area contributed by atoms with Gasteiger partial charge in [-0.3, -0.25) is 9.10 Å². The summed E-state index contributed by atoms with van der Waals surface area (Å²) in [6.45, 7) is 4.31. The van der Waals surface area contributed by atoms with Gasteiger partial charge in [0.05, 0.1) is 17.5 Å². The number of amides is 1. The summed E-state index contributed by atoms with van der Waals surface area (Å²) in [6, 6.07) is 4.23. The molecule has 0 saturated heterocycles. The number of hydrogen-bond donors (Lipinski definition) is 1. The van der Waals surface area contributed by atoms with E-state index in [1.54, 1.807) is 20.8 Å². The Morgan fingerprint density at radius 1 is 1.17 bits per heavy atom. The molecular weight excluding hydrogens is 333 g/mol. The third-order valence-corrected chi connectivity index (χ3v) is 3.81. The number of hydrogen-bond acceptors (Lipinski definition) is 3. The van der Waals surface area contributed by atoms with Crippen molar-refractivity contribution >= 4 is 21.6 Å². The standard InChI is InChI=1S/C14H19F3N2O3S/c1-13(2,3)18-12(20)9-19(23(4,21)22)11-8-6-5-7-10(11)14(15,16)17/h5-8H,9H2,1-4H3,(H,18,20). The maximum absolute atomic E-state index is 13.1. The van der Waals surface area contributed by atoms with Crippen LogP contribution in [0.2, 0.25) is 0 Å². The molecule has 0 bridgehead atoms. The SMILES string of the molecule is CC(C)(C)NC(=O)CN(c1ccccc1C(F)(F)F)S(C)(=O)=O. The molecule has 23 heavy (non-hydrogen) atoms. The fraction of sp³-hybridized carbons (Fsp3) is 0.500. The topological polar surface area (TPSA) is 66.5 Å². The molecule has 0 heterocycles. The summed E-state index contributed by atoms with van der Waals surface area (Å²) in [7, 11) is -4.08. The molecule has 0 radical (unpaired) electrons. The number of nitrogens with zero attached hydrogens (tertiary/aromatic N) is 1. The molecule has 0 aliphatic rings. The van der Waals surface area contributed by atoms with Crippen molar-refractivity contribution in [3.63, 3.8) is 0 Å². The minimum absolute atomic E-state index is 0.455. The summed E-state index contributed by atoms with van der Waals surface area (Å²) < 4.78 is 63.5. The normalized spacial score (nSPS) is 12.8. The van der Waals surface area contributed by atoms with Gasteiger partial charge in [-0.25, -0.2) is 8.42 Å².